The summed E-state index contributed by atoms with van der Waals surface area (Å²) in [5, 5.41) is 0. The number of allylic oxidation sites excluding steroid dienone is 1. The highest BCUT2D eigenvalue weighted by Gasteiger charge is 2.09. The average molecular weight is 164 g/mol. The summed E-state index contributed by atoms with van der Waals surface area (Å²) in [4.78, 5) is 0. The van der Waals surface area contributed by atoms with E-state index in [4.69, 9.17) is 4.55 Å². The fourth-order valence-electron chi connectivity index (χ4n) is 0.712. The van der Waals surface area contributed by atoms with Crippen LogP contribution in [0.4, 0.5) is 0 Å². The van der Waals surface area contributed by atoms with Crippen LogP contribution < -0.4 is 0 Å². The zero-order chi connectivity index (χ0) is 8.20. The standard InChI is InChI=1S/C6H12O3S/c1-3-4-6(2)5-10(7,8)9/h3,6H,1,4-5H2,2H3,(H,7,8,9). The molecule has 0 aliphatic heterocycles. The van der Waals surface area contributed by atoms with Crippen LogP contribution in [-0.2, 0) is 10.1 Å². The van der Waals surface area contributed by atoms with E-state index in [1.54, 1.807) is 13.0 Å². The third-order valence-corrected chi connectivity index (χ3v) is 2.05. The molecule has 0 saturated heterocycles. The van der Waals surface area contributed by atoms with Crippen LogP contribution in [0.3, 0.4) is 0 Å². The van der Waals surface area contributed by atoms with Crippen molar-refractivity contribution in [2.45, 2.75) is 13.3 Å². The van der Waals surface area contributed by atoms with Gasteiger partial charge in [0.25, 0.3) is 10.1 Å². The number of hydrogen-bond acceptors (Lipinski definition) is 2. The fraction of sp³-hybridized carbons (Fsp3) is 0.667. The van der Waals surface area contributed by atoms with Crippen molar-refractivity contribution in [2.75, 3.05) is 5.75 Å². The van der Waals surface area contributed by atoms with Crippen LogP contribution in [0.1, 0.15) is 13.3 Å². The Bertz CT molecular complexity index is 193. The lowest BCUT2D eigenvalue weighted by Gasteiger charge is -2.03. The second-order valence-electron chi connectivity index (χ2n) is 2.38. The van der Waals surface area contributed by atoms with Gasteiger partial charge in [0.05, 0.1) is 5.75 Å². The van der Waals surface area contributed by atoms with Crippen molar-refractivity contribution in [1.82, 2.24) is 0 Å². The molecule has 0 heterocycles. The Kier molecular flexibility index (Phi) is 3.60. The smallest absolute Gasteiger partial charge is 0.265 e. The Hall–Kier alpha value is -0.350. The molecule has 3 nitrogen and oxygen atoms in total. The Morgan fingerprint density at radius 1 is 1.70 bits per heavy atom. The van der Waals surface area contributed by atoms with Gasteiger partial charge in [-0.3, -0.25) is 4.55 Å². The van der Waals surface area contributed by atoms with Gasteiger partial charge in [0, 0.05) is 0 Å². The van der Waals surface area contributed by atoms with Crippen LogP contribution in [0.2, 0.25) is 0 Å². The lowest BCUT2D eigenvalue weighted by atomic mass is 10.1. The molecule has 0 rings (SSSR count). The largest absolute Gasteiger partial charge is 0.286 e. The van der Waals surface area contributed by atoms with Gasteiger partial charge in [-0.2, -0.15) is 8.42 Å². The number of hydrogen-bond donors (Lipinski definition) is 1. The highest BCUT2D eigenvalue weighted by Crippen LogP contribution is 2.04. The summed E-state index contributed by atoms with van der Waals surface area (Å²) in [5.74, 6) is -0.230. The molecule has 0 fully saturated rings. The van der Waals surface area contributed by atoms with Gasteiger partial charge in [-0.1, -0.05) is 13.0 Å². The summed E-state index contributed by atoms with van der Waals surface area (Å²) in [6, 6.07) is 0. The Morgan fingerprint density at radius 3 is 2.50 bits per heavy atom. The van der Waals surface area contributed by atoms with Gasteiger partial charge < -0.3 is 0 Å². The summed E-state index contributed by atoms with van der Waals surface area (Å²) in [5.41, 5.74) is 0. The summed E-state index contributed by atoms with van der Waals surface area (Å²) in [7, 11) is -3.79. The second kappa shape index (κ2) is 3.73. The third kappa shape index (κ3) is 5.78. The molecule has 10 heavy (non-hydrogen) atoms. The van der Waals surface area contributed by atoms with Gasteiger partial charge >= 0.3 is 0 Å². The molecule has 0 aliphatic carbocycles. The van der Waals surface area contributed by atoms with Crippen LogP contribution in [0.15, 0.2) is 12.7 Å². The minimum atomic E-state index is -3.79. The predicted octanol–water partition coefficient (Wildman–Crippen LogP) is 1.09. The van der Waals surface area contributed by atoms with Gasteiger partial charge in [0.15, 0.2) is 0 Å². The third-order valence-electron chi connectivity index (χ3n) is 1.06. The van der Waals surface area contributed by atoms with Crippen LogP contribution >= 0.6 is 0 Å². The summed E-state index contributed by atoms with van der Waals surface area (Å²) in [6.45, 7) is 5.20. The van der Waals surface area contributed by atoms with Gasteiger partial charge in [-0.15, -0.1) is 6.58 Å². The van der Waals surface area contributed by atoms with Crippen molar-refractivity contribution >= 4 is 10.1 Å². The van der Waals surface area contributed by atoms with Crippen molar-refractivity contribution in [3.05, 3.63) is 12.7 Å². The molecular weight excluding hydrogens is 152 g/mol. The van der Waals surface area contributed by atoms with Crippen molar-refractivity contribution < 1.29 is 13.0 Å². The highest BCUT2D eigenvalue weighted by atomic mass is 32.2. The maximum atomic E-state index is 10.2. The molecule has 0 radical (unpaired) electrons. The van der Waals surface area contributed by atoms with Crippen LogP contribution in [-0.4, -0.2) is 18.7 Å². The first-order valence-corrected chi connectivity index (χ1v) is 4.62. The van der Waals surface area contributed by atoms with Gasteiger partial charge in [0.1, 0.15) is 0 Å². The molecule has 0 aliphatic rings. The fourth-order valence-corrected chi connectivity index (χ4v) is 1.57. The predicted molar refractivity (Wildman–Crippen MR) is 40.4 cm³/mol. The molecule has 1 unspecified atom stereocenters. The Labute approximate surface area is 61.5 Å². The van der Waals surface area contributed by atoms with E-state index in [0.29, 0.717) is 6.42 Å². The van der Waals surface area contributed by atoms with Crippen molar-refractivity contribution in [3.63, 3.8) is 0 Å². The minimum Gasteiger partial charge on any atom is -0.286 e. The molecule has 0 saturated carbocycles. The molecule has 0 bridgehead atoms. The van der Waals surface area contributed by atoms with Gasteiger partial charge in [0.2, 0.25) is 0 Å². The molecule has 60 valence electrons. The highest BCUT2D eigenvalue weighted by molar-refractivity contribution is 7.85. The molecule has 0 aromatic rings. The first kappa shape index (κ1) is 9.65. The second-order valence-corrected chi connectivity index (χ2v) is 3.88. The van der Waals surface area contributed by atoms with E-state index < -0.39 is 10.1 Å². The topological polar surface area (TPSA) is 54.4 Å². The lowest BCUT2D eigenvalue weighted by molar-refractivity contribution is 0.470. The van der Waals surface area contributed by atoms with E-state index in [2.05, 4.69) is 6.58 Å². The Balaban J connectivity index is 3.80. The van der Waals surface area contributed by atoms with Crippen molar-refractivity contribution in [2.24, 2.45) is 5.92 Å². The molecule has 1 N–H and O–H groups in total. The SMILES string of the molecule is C=CCC(C)CS(=O)(=O)O. The number of rotatable bonds is 4. The van der Waals surface area contributed by atoms with Gasteiger partial charge in [-0.25, -0.2) is 0 Å². The van der Waals surface area contributed by atoms with Gasteiger partial charge in [-0.05, 0) is 12.3 Å². The molecular formula is C6H12O3S. The molecule has 0 spiro atoms. The maximum absolute atomic E-state index is 10.2. The van der Waals surface area contributed by atoms with Crippen LogP contribution in [0.5, 0.6) is 0 Å². The van der Waals surface area contributed by atoms with E-state index >= 15 is 0 Å². The Morgan fingerprint density at radius 2 is 2.20 bits per heavy atom. The van der Waals surface area contributed by atoms with E-state index in [-0.39, 0.29) is 11.7 Å². The first-order valence-electron chi connectivity index (χ1n) is 3.01. The maximum Gasteiger partial charge on any atom is 0.265 e. The molecule has 0 aromatic carbocycles. The average Bonchev–Trinajstić information content (AvgIpc) is 1.59. The van der Waals surface area contributed by atoms with Crippen LogP contribution in [0.25, 0.3) is 0 Å². The molecule has 1 atom stereocenters. The van der Waals surface area contributed by atoms with E-state index in [9.17, 15) is 8.42 Å². The summed E-state index contributed by atoms with van der Waals surface area (Å²) < 4.78 is 28.8. The van der Waals surface area contributed by atoms with Crippen molar-refractivity contribution in [3.8, 4) is 0 Å². The summed E-state index contributed by atoms with van der Waals surface area (Å²) >= 11 is 0. The molecule has 0 aromatic heterocycles. The zero-order valence-electron chi connectivity index (χ0n) is 5.95. The monoisotopic (exact) mass is 164 g/mol. The molecule has 0 amide bonds. The summed E-state index contributed by atoms with van der Waals surface area (Å²) in [6.07, 6.45) is 2.25. The van der Waals surface area contributed by atoms with E-state index in [1.165, 1.54) is 0 Å². The van der Waals surface area contributed by atoms with Crippen molar-refractivity contribution in [1.29, 1.82) is 0 Å². The minimum absolute atomic E-state index is 0.0486. The quantitative estimate of drug-likeness (QED) is 0.499. The van der Waals surface area contributed by atoms with Crippen LogP contribution in [0, 0.1) is 5.92 Å². The first-order chi connectivity index (χ1) is 4.45. The normalized spacial score (nSPS) is 14.6. The molecule has 4 heteroatoms. The van der Waals surface area contributed by atoms with E-state index in [1.807, 2.05) is 0 Å². The lowest BCUT2D eigenvalue weighted by Crippen LogP contribution is -2.11. The van der Waals surface area contributed by atoms with E-state index in [0.717, 1.165) is 0 Å². The zero-order valence-corrected chi connectivity index (χ0v) is 6.76.